The largest absolute Gasteiger partial charge is 0.393 e. The van der Waals surface area contributed by atoms with E-state index in [1.807, 2.05) is 6.92 Å². The van der Waals surface area contributed by atoms with Crippen LogP contribution in [0, 0.1) is 5.92 Å². The quantitative estimate of drug-likeness (QED) is 0.726. The van der Waals surface area contributed by atoms with E-state index in [0.29, 0.717) is 12.0 Å². The summed E-state index contributed by atoms with van der Waals surface area (Å²) >= 11 is 0. The fraction of sp³-hybridized carbons (Fsp3) is 1.00. The molecule has 0 heterocycles. The van der Waals surface area contributed by atoms with Crippen LogP contribution >= 0.6 is 0 Å². The minimum Gasteiger partial charge on any atom is -0.393 e. The number of hydrogen-bond acceptors (Lipinski definition) is 3. The Kier molecular flexibility index (Phi) is 6.32. The van der Waals surface area contributed by atoms with E-state index in [-0.39, 0.29) is 6.10 Å². The van der Waals surface area contributed by atoms with Crippen LogP contribution in [0.1, 0.15) is 46.0 Å². The molecule has 0 bridgehead atoms. The first kappa shape index (κ1) is 13.9. The zero-order valence-electron chi connectivity index (χ0n) is 10.9. The van der Waals surface area contributed by atoms with E-state index in [1.165, 1.54) is 25.7 Å². The monoisotopic (exact) mass is 228 g/mol. The van der Waals surface area contributed by atoms with E-state index in [2.05, 4.69) is 11.8 Å². The molecule has 1 aliphatic rings. The van der Waals surface area contributed by atoms with Gasteiger partial charge in [-0.15, -0.1) is 0 Å². The molecule has 0 aromatic rings. The molecule has 0 aliphatic heterocycles. The van der Waals surface area contributed by atoms with E-state index >= 15 is 0 Å². The fourth-order valence-electron chi connectivity index (χ4n) is 2.85. The van der Waals surface area contributed by atoms with Crippen LogP contribution < -0.4 is 5.73 Å². The van der Waals surface area contributed by atoms with Crippen molar-refractivity contribution in [3.05, 3.63) is 0 Å². The van der Waals surface area contributed by atoms with Crippen LogP contribution in [0.4, 0.5) is 0 Å². The summed E-state index contributed by atoms with van der Waals surface area (Å²) in [5.74, 6) is 0.669. The molecule has 3 unspecified atom stereocenters. The molecule has 0 aromatic heterocycles. The predicted molar refractivity (Wildman–Crippen MR) is 68.3 cm³/mol. The first-order valence-corrected chi connectivity index (χ1v) is 6.81. The zero-order chi connectivity index (χ0) is 12.0. The third-order valence-electron chi connectivity index (χ3n) is 3.88. The molecule has 0 spiro atoms. The molecule has 1 aliphatic carbocycles. The Bertz CT molecular complexity index is 185. The van der Waals surface area contributed by atoms with Crippen molar-refractivity contribution in [3.8, 4) is 0 Å². The highest BCUT2D eigenvalue weighted by Crippen LogP contribution is 2.27. The standard InChI is InChI=1S/C13H28N2O/c1-3-15(9-8-11(2)16)13-7-5-4-6-12(13)10-14/h11-13,16H,3-10,14H2,1-2H3. The molecule has 1 fully saturated rings. The SMILES string of the molecule is CCN(CCC(C)O)C1CCCCC1CN. The number of hydrogen-bond donors (Lipinski definition) is 2. The number of rotatable bonds is 6. The Balaban J connectivity index is 2.48. The van der Waals surface area contributed by atoms with Gasteiger partial charge in [0, 0.05) is 12.6 Å². The molecular formula is C13H28N2O. The molecule has 3 atom stereocenters. The van der Waals surface area contributed by atoms with Crippen LogP contribution in [0.3, 0.4) is 0 Å². The van der Waals surface area contributed by atoms with Gasteiger partial charge < -0.3 is 15.7 Å². The molecule has 3 heteroatoms. The zero-order valence-corrected chi connectivity index (χ0v) is 10.9. The lowest BCUT2D eigenvalue weighted by molar-refractivity contribution is 0.0896. The van der Waals surface area contributed by atoms with Gasteiger partial charge in [-0.05, 0) is 45.2 Å². The van der Waals surface area contributed by atoms with Gasteiger partial charge >= 0.3 is 0 Å². The summed E-state index contributed by atoms with van der Waals surface area (Å²) in [6, 6.07) is 0.655. The van der Waals surface area contributed by atoms with Crippen LogP contribution in [-0.2, 0) is 0 Å². The van der Waals surface area contributed by atoms with Crippen molar-refractivity contribution < 1.29 is 5.11 Å². The minimum absolute atomic E-state index is 0.186. The Labute approximate surface area is 100 Å². The molecule has 0 radical (unpaired) electrons. The van der Waals surface area contributed by atoms with Crippen molar-refractivity contribution in [2.24, 2.45) is 11.7 Å². The van der Waals surface area contributed by atoms with Crippen LogP contribution in [0.15, 0.2) is 0 Å². The molecule has 3 nitrogen and oxygen atoms in total. The lowest BCUT2D eigenvalue weighted by Gasteiger charge is -2.39. The van der Waals surface area contributed by atoms with Crippen LogP contribution in [0.2, 0.25) is 0 Å². The summed E-state index contributed by atoms with van der Waals surface area (Å²) in [5, 5.41) is 9.37. The van der Waals surface area contributed by atoms with Gasteiger partial charge in [-0.25, -0.2) is 0 Å². The highest BCUT2D eigenvalue weighted by Gasteiger charge is 2.28. The normalized spacial score (nSPS) is 28.3. The maximum Gasteiger partial charge on any atom is 0.0524 e. The minimum atomic E-state index is -0.186. The van der Waals surface area contributed by atoms with Gasteiger partial charge in [-0.3, -0.25) is 0 Å². The Morgan fingerprint density at radius 1 is 1.38 bits per heavy atom. The summed E-state index contributed by atoms with van der Waals surface area (Å²) in [5.41, 5.74) is 5.87. The summed E-state index contributed by atoms with van der Waals surface area (Å²) in [7, 11) is 0. The van der Waals surface area contributed by atoms with E-state index in [0.717, 1.165) is 26.1 Å². The smallest absolute Gasteiger partial charge is 0.0524 e. The van der Waals surface area contributed by atoms with E-state index in [4.69, 9.17) is 5.73 Å². The third kappa shape index (κ3) is 4.04. The molecule has 3 N–H and O–H groups in total. The Hall–Kier alpha value is -0.120. The van der Waals surface area contributed by atoms with Crippen molar-refractivity contribution in [2.75, 3.05) is 19.6 Å². The van der Waals surface area contributed by atoms with Crippen LogP contribution in [0.5, 0.6) is 0 Å². The van der Waals surface area contributed by atoms with Crippen LogP contribution in [-0.4, -0.2) is 41.8 Å². The number of aliphatic hydroxyl groups is 1. The number of nitrogens with zero attached hydrogens (tertiary/aromatic N) is 1. The summed E-state index contributed by atoms with van der Waals surface area (Å²) in [6.45, 7) is 6.98. The van der Waals surface area contributed by atoms with Gasteiger partial charge in [0.25, 0.3) is 0 Å². The highest BCUT2D eigenvalue weighted by molar-refractivity contribution is 4.83. The topological polar surface area (TPSA) is 49.5 Å². The van der Waals surface area contributed by atoms with Crippen molar-refractivity contribution in [1.29, 1.82) is 0 Å². The Morgan fingerprint density at radius 3 is 2.62 bits per heavy atom. The van der Waals surface area contributed by atoms with Crippen molar-refractivity contribution in [2.45, 2.75) is 58.1 Å². The van der Waals surface area contributed by atoms with Gasteiger partial charge in [0.05, 0.1) is 6.10 Å². The predicted octanol–water partition coefficient (Wildman–Crippen LogP) is 1.60. The summed E-state index contributed by atoms with van der Waals surface area (Å²) in [6.07, 6.45) is 5.94. The molecule has 1 rings (SSSR count). The van der Waals surface area contributed by atoms with E-state index in [1.54, 1.807) is 0 Å². The van der Waals surface area contributed by atoms with Gasteiger partial charge in [-0.2, -0.15) is 0 Å². The molecule has 96 valence electrons. The first-order chi connectivity index (χ1) is 7.69. The van der Waals surface area contributed by atoms with E-state index < -0.39 is 0 Å². The number of aliphatic hydroxyl groups excluding tert-OH is 1. The lowest BCUT2D eigenvalue weighted by Crippen LogP contribution is -2.45. The van der Waals surface area contributed by atoms with E-state index in [9.17, 15) is 5.11 Å². The van der Waals surface area contributed by atoms with Crippen molar-refractivity contribution >= 4 is 0 Å². The van der Waals surface area contributed by atoms with Gasteiger partial charge in [0.2, 0.25) is 0 Å². The van der Waals surface area contributed by atoms with Crippen LogP contribution in [0.25, 0.3) is 0 Å². The second-order valence-corrected chi connectivity index (χ2v) is 5.11. The highest BCUT2D eigenvalue weighted by atomic mass is 16.3. The van der Waals surface area contributed by atoms with Gasteiger partial charge in [0.1, 0.15) is 0 Å². The molecule has 0 aromatic carbocycles. The third-order valence-corrected chi connectivity index (χ3v) is 3.88. The lowest BCUT2D eigenvalue weighted by atomic mass is 9.83. The van der Waals surface area contributed by atoms with Crippen molar-refractivity contribution in [3.63, 3.8) is 0 Å². The Morgan fingerprint density at radius 2 is 2.06 bits per heavy atom. The summed E-state index contributed by atoms with van der Waals surface area (Å²) in [4.78, 5) is 2.52. The summed E-state index contributed by atoms with van der Waals surface area (Å²) < 4.78 is 0. The molecule has 16 heavy (non-hydrogen) atoms. The molecular weight excluding hydrogens is 200 g/mol. The maximum atomic E-state index is 9.37. The average molecular weight is 228 g/mol. The average Bonchev–Trinajstić information content (AvgIpc) is 2.30. The van der Waals surface area contributed by atoms with Gasteiger partial charge in [-0.1, -0.05) is 19.8 Å². The van der Waals surface area contributed by atoms with Gasteiger partial charge in [0.15, 0.2) is 0 Å². The first-order valence-electron chi connectivity index (χ1n) is 6.81. The maximum absolute atomic E-state index is 9.37. The molecule has 0 amide bonds. The fourth-order valence-corrected chi connectivity index (χ4v) is 2.85. The molecule has 0 saturated heterocycles. The second kappa shape index (κ2) is 7.25. The number of nitrogens with two attached hydrogens (primary N) is 1. The van der Waals surface area contributed by atoms with Crippen molar-refractivity contribution in [1.82, 2.24) is 4.90 Å². The molecule has 1 saturated carbocycles. The second-order valence-electron chi connectivity index (χ2n) is 5.11.